The highest BCUT2D eigenvalue weighted by Crippen LogP contribution is 2.29. The van der Waals surface area contributed by atoms with Crippen molar-refractivity contribution in [3.8, 4) is 0 Å². The fraction of sp³-hybridized carbons (Fsp3) is 1.00. The Labute approximate surface area is 135 Å². The lowest BCUT2D eigenvalue weighted by molar-refractivity contribution is -0.370. The van der Waals surface area contributed by atoms with Gasteiger partial charge < -0.3 is 44.8 Å². The summed E-state index contributed by atoms with van der Waals surface area (Å²) in [6.07, 6.45) is -14.5. The summed E-state index contributed by atoms with van der Waals surface area (Å²) in [5, 5.41) is 58.8. The second kappa shape index (κ2) is 7.77. The second-order valence-electron chi connectivity index (χ2n) is 5.64. The van der Waals surface area contributed by atoms with E-state index < -0.39 is 61.4 Å². The average molecular weight is 330 g/mol. The van der Waals surface area contributed by atoms with Gasteiger partial charge in [0.1, 0.15) is 36.6 Å². The molecule has 23 heavy (non-hydrogen) atoms. The molecule has 2 aliphatic rings. The highest BCUT2D eigenvalue weighted by molar-refractivity contribution is 6.09. The minimum atomic E-state index is -1.64. The Bertz CT molecular complexity index is 352. The number of aliphatic hydroxyl groups excluding tert-OH is 6. The van der Waals surface area contributed by atoms with Crippen molar-refractivity contribution in [2.45, 2.75) is 74.1 Å². The fourth-order valence-electron chi connectivity index (χ4n) is 2.58. The molecule has 0 aromatic carbocycles. The number of aliphatic hydroxyl groups is 6. The van der Waals surface area contributed by atoms with E-state index in [0.717, 1.165) is 0 Å². The molecule has 4 radical (unpaired) electrons. The molecule has 2 fully saturated rings. The topological polar surface area (TPSA) is 149 Å². The summed E-state index contributed by atoms with van der Waals surface area (Å²) in [7, 11) is 10.8. The van der Waals surface area contributed by atoms with Crippen molar-refractivity contribution < 1.29 is 44.8 Å². The molecular weight excluding hydrogens is 310 g/mol. The first-order valence-corrected chi connectivity index (χ1v) is 7.26. The van der Waals surface area contributed by atoms with Gasteiger partial charge in [-0.1, -0.05) is 12.6 Å². The van der Waals surface area contributed by atoms with Gasteiger partial charge in [-0.2, -0.15) is 0 Å². The molecule has 0 aliphatic carbocycles. The first kappa shape index (κ1) is 19.1. The Morgan fingerprint density at radius 1 is 0.609 bits per heavy atom. The van der Waals surface area contributed by atoms with Gasteiger partial charge in [-0.15, -0.1) is 0 Å². The Kier molecular flexibility index (Phi) is 6.45. The predicted molar refractivity (Wildman–Crippen MR) is 75.6 cm³/mol. The zero-order chi connectivity index (χ0) is 17.3. The molecule has 0 aromatic heterocycles. The third-order valence-corrected chi connectivity index (χ3v) is 4.07. The summed E-state index contributed by atoms with van der Waals surface area (Å²) < 4.78 is 15.7. The van der Waals surface area contributed by atoms with E-state index in [-0.39, 0.29) is 12.6 Å². The maximum atomic E-state index is 9.90. The molecule has 0 saturated carbocycles. The third kappa shape index (κ3) is 3.73. The van der Waals surface area contributed by atoms with Crippen LogP contribution in [0.3, 0.4) is 0 Å². The van der Waals surface area contributed by atoms with E-state index in [0.29, 0.717) is 0 Å². The van der Waals surface area contributed by atoms with E-state index in [2.05, 4.69) is 0 Å². The van der Waals surface area contributed by atoms with Crippen molar-refractivity contribution in [2.24, 2.45) is 0 Å². The van der Waals surface area contributed by atoms with Crippen molar-refractivity contribution in [3.63, 3.8) is 0 Å². The van der Waals surface area contributed by atoms with Crippen LogP contribution in [0.1, 0.15) is 0 Å². The number of hydrogen-bond donors (Lipinski definition) is 6. The molecule has 2 saturated heterocycles. The van der Waals surface area contributed by atoms with Crippen molar-refractivity contribution >= 4 is 15.7 Å². The molecule has 0 spiro atoms. The van der Waals surface area contributed by atoms with Crippen LogP contribution >= 0.6 is 0 Å². The van der Waals surface area contributed by atoms with Crippen LogP contribution in [0.4, 0.5) is 0 Å². The van der Waals surface area contributed by atoms with Gasteiger partial charge >= 0.3 is 0 Å². The summed E-state index contributed by atoms with van der Waals surface area (Å²) in [5.41, 5.74) is 0. The lowest BCUT2D eigenvalue weighted by Gasteiger charge is -2.45. The van der Waals surface area contributed by atoms with Gasteiger partial charge in [-0.05, 0) is 0 Å². The molecule has 9 nitrogen and oxygen atoms in total. The number of hydrogen-bond acceptors (Lipinski definition) is 9. The van der Waals surface area contributed by atoms with E-state index in [1.165, 1.54) is 0 Å². The highest BCUT2D eigenvalue weighted by atomic mass is 16.8. The van der Waals surface area contributed by atoms with Gasteiger partial charge in [0, 0.05) is 0 Å². The Hall–Kier alpha value is -0.230. The summed E-state index contributed by atoms with van der Waals surface area (Å²) in [6.45, 7) is 0. The van der Waals surface area contributed by atoms with Crippen LogP contribution in [0.25, 0.3) is 0 Å². The van der Waals surface area contributed by atoms with E-state index in [1.54, 1.807) is 0 Å². The number of rotatable bonds is 4. The summed E-state index contributed by atoms with van der Waals surface area (Å²) in [6, 6.07) is 0. The SMILES string of the molecule is [B]CC1OC(OC2OC(C[B])C(O)C(O)C2O)C(O)C(O)C1O. The highest BCUT2D eigenvalue weighted by Gasteiger charge is 2.48. The monoisotopic (exact) mass is 330 g/mol. The van der Waals surface area contributed by atoms with Gasteiger partial charge in [-0.3, -0.25) is 0 Å². The van der Waals surface area contributed by atoms with Crippen molar-refractivity contribution in [1.29, 1.82) is 0 Å². The molecule has 11 heteroatoms. The molecule has 10 atom stereocenters. The smallest absolute Gasteiger partial charge is 0.189 e. The largest absolute Gasteiger partial charge is 0.388 e. The van der Waals surface area contributed by atoms with Crippen LogP contribution in [0, 0.1) is 0 Å². The maximum absolute atomic E-state index is 9.90. The Morgan fingerprint density at radius 2 is 0.957 bits per heavy atom. The molecule has 0 aromatic rings. The minimum absolute atomic E-state index is 0.147. The summed E-state index contributed by atoms with van der Waals surface area (Å²) >= 11 is 0. The zero-order valence-corrected chi connectivity index (χ0v) is 12.3. The molecule has 6 N–H and O–H groups in total. The zero-order valence-electron chi connectivity index (χ0n) is 12.3. The molecule has 2 heterocycles. The van der Waals surface area contributed by atoms with Gasteiger partial charge in [0.15, 0.2) is 12.6 Å². The van der Waals surface area contributed by atoms with Crippen LogP contribution in [0.2, 0.25) is 12.6 Å². The third-order valence-electron chi connectivity index (χ3n) is 4.07. The molecule has 128 valence electrons. The lowest BCUT2D eigenvalue weighted by Crippen LogP contribution is -2.62. The fourth-order valence-corrected chi connectivity index (χ4v) is 2.58. The first-order chi connectivity index (χ1) is 10.8. The van der Waals surface area contributed by atoms with Crippen molar-refractivity contribution in [3.05, 3.63) is 0 Å². The van der Waals surface area contributed by atoms with Crippen LogP contribution < -0.4 is 0 Å². The maximum Gasteiger partial charge on any atom is 0.189 e. The average Bonchev–Trinajstić information content (AvgIpc) is 2.55. The van der Waals surface area contributed by atoms with E-state index in [1.807, 2.05) is 0 Å². The van der Waals surface area contributed by atoms with Gasteiger partial charge in [0.25, 0.3) is 0 Å². The summed E-state index contributed by atoms with van der Waals surface area (Å²) in [5.74, 6) is 0. The van der Waals surface area contributed by atoms with Crippen LogP contribution in [-0.4, -0.2) is 108 Å². The number of ether oxygens (including phenoxy) is 3. The lowest BCUT2D eigenvalue weighted by atomic mass is 9.89. The van der Waals surface area contributed by atoms with Gasteiger partial charge in [0.05, 0.1) is 27.9 Å². The van der Waals surface area contributed by atoms with Gasteiger partial charge in [0.2, 0.25) is 0 Å². The van der Waals surface area contributed by atoms with Crippen LogP contribution in [-0.2, 0) is 14.2 Å². The van der Waals surface area contributed by atoms with E-state index in [4.69, 9.17) is 29.9 Å². The molecule has 2 aliphatic heterocycles. The Morgan fingerprint density at radius 3 is 1.26 bits per heavy atom. The molecule has 10 unspecified atom stereocenters. The predicted octanol–water partition coefficient (Wildman–Crippen LogP) is -4.21. The minimum Gasteiger partial charge on any atom is -0.388 e. The Balaban J connectivity index is 2.07. The van der Waals surface area contributed by atoms with Crippen LogP contribution in [0.5, 0.6) is 0 Å². The van der Waals surface area contributed by atoms with Crippen molar-refractivity contribution in [2.75, 3.05) is 0 Å². The van der Waals surface area contributed by atoms with Crippen LogP contribution in [0.15, 0.2) is 0 Å². The molecule has 0 amide bonds. The van der Waals surface area contributed by atoms with E-state index >= 15 is 0 Å². The molecular formula is C12H20B2O9. The molecule has 0 bridgehead atoms. The standard InChI is InChI=1S/C12H20B2O9/c13-1-3-5(15)7(17)9(19)11(21-3)23-12-10(20)8(18)6(16)4(2-14)22-12/h3-12,15-20H,1-2H2. The van der Waals surface area contributed by atoms with Gasteiger partial charge in [-0.25, -0.2) is 0 Å². The molecule has 2 rings (SSSR count). The quantitative estimate of drug-likeness (QED) is 0.282. The van der Waals surface area contributed by atoms with E-state index in [9.17, 15) is 30.6 Å². The normalized spacial score (nSPS) is 51.6. The first-order valence-electron chi connectivity index (χ1n) is 7.26. The second-order valence-corrected chi connectivity index (χ2v) is 5.64. The van der Waals surface area contributed by atoms with Crippen molar-refractivity contribution in [1.82, 2.24) is 0 Å². The summed E-state index contributed by atoms with van der Waals surface area (Å²) in [4.78, 5) is 0.